The zero-order valence-corrected chi connectivity index (χ0v) is 14.1. The Morgan fingerprint density at radius 3 is 2.36 bits per heavy atom. The van der Waals surface area contributed by atoms with Gasteiger partial charge in [-0.1, -0.05) is 12.1 Å². The highest BCUT2D eigenvalue weighted by Crippen LogP contribution is 2.31. The maximum atomic E-state index is 13.1. The highest BCUT2D eigenvalue weighted by atomic mass is 19.1. The number of hydrogen-bond donors (Lipinski definition) is 0. The maximum absolute atomic E-state index is 13.1. The van der Waals surface area contributed by atoms with Crippen LogP contribution in [0.3, 0.4) is 0 Å². The first-order chi connectivity index (χ1) is 10.4. The van der Waals surface area contributed by atoms with Gasteiger partial charge in [-0.05, 0) is 64.8 Å². The Labute approximate surface area is 133 Å². The number of amides is 1. The molecule has 3 nitrogen and oxygen atoms in total. The second-order valence-corrected chi connectivity index (χ2v) is 6.67. The first-order valence-electron chi connectivity index (χ1n) is 8.21. The lowest BCUT2D eigenvalue weighted by Crippen LogP contribution is -2.47. The zero-order chi connectivity index (χ0) is 16.3. The number of carbonyl (C=O) groups is 1. The van der Waals surface area contributed by atoms with Crippen molar-refractivity contribution in [3.63, 3.8) is 0 Å². The average molecular weight is 306 g/mol. The monoisotopic (exact) mass is 306 g/mol. The Hall–Kier alpha value is -1.42. The predicted octanol–water partition coefficient (Wildman–Crippen LogP) is 3.61. The number of hydrogen-bond acceptors (Lipinski definition) is 2. The van der Waals surface area contributed by atoms with Crippen LogP contribution in [0.1, 0.15) is 52.1 Å². The summed E-state index contributed by atoms with van der Waals surface area (Å²) in [7, 11) is 0. The van der Waals surface area contributed by atoms with Gasteiger partial charge in [-0.25, -0.2) is 4.39 Å². The summed E-state index contributed by atoms with van der Waals surface area (Å²) in [4.78, 5) is 16.8. The molecule has 1 aliphatic heterocycles. The molecule has 1 aromatic rings. The molecule has 4 heteroatoms. The van der Waals surface area contributed by atoms with Crippen LogP contribution in [0.4, 0.5) is 4.39 Å². The quantitative estimate of drug-likeness (QED) is 0.829. The molecule has 0 N–H and O–H groups in total. The average Bonchev–Trinajstić information content (AvgIpc) is 2.86. The van der Waals surface area contributed by atoms with Crippen LogP contribution in [0.25, 0.3) is 0 Å². The summed E-state index contributed by atoms with van der Waals surface area (Å²) in [6.07, 6.45) is 2.11. The van der Waals surface area contributed by atoms with Crippen molar-refractivity contribution in [3.05, 3.63) is 35.6 Å². The van der Waals surface area contributed by atoms with Gasteiger partial charge in [-0.2, -0.15) is 0 Å². The van der Waals surface area contributed by atoms with E-state index >= 15 is 0 Å². The molecule has 1 amide bonds. The van der Waals surface area contributed by atoms with Gasteiger partial charge in [0.25, 0.3) is 0 Å². The molecule has 2 rings (SSSR count). The van der Waals surface area contributed by atoms with E-state index in [1.54, 1.807) is 0 Å². The highest BCUT2D eigenvalue weighted by molar-refractivity contribution is 5.79. The molecular weight excluding hydrogens is 279 g/mol. The summed E-state index contributed by atoms with van der Waals surface area (Å²) in [5.41, 5.74) is 1.10. The molecule has 1 saturated heterocycles. The lowest BCUT2D eigenvalue weighted by atomic mass is 10.0. The van der Waals surface area contributed by atoms with Gasteiger partial charge in [0.2, 0.25) is 5.91 Å². The van der Waals surface area contributed by atoms with E-state index in [4.69, 9.17) is 0 Å². The minimum Gasteiger partial charge on any atom is -0.337 e. The Kier molecular flexibility index (Phi) is 5.57. The Balaban J connectivity index is 2.07. The molecule has 1 fully saturated rings. The third kappa shape index (κ3) is 3.86. The van der Waals surface area contributed by atoms with Gasteiger partial charge in [0, 0.05) is 18.1 Å². The van der Waals surface area contributed by atoms with Crippen molar-refractivity contribution < 1.29 is 9.18 Å². The molecule has 22 heavy (non-hydrogen) atoms. The molecule has 0 aliphatic carbocycles. The van der Waals surface area contributed by atoms with Crippen LogP contribution in [0.15, 0.2) is 24.3 Å². The lowest BCUT2D eigenvalue weighted by molar-refractivity contribution is -0.136. The number of rotatable bonds is 5. The van der Waals surface area contributed by atoms with E-state index in [-0.39, 0.29) is 29.8 Å². The smallest absolute Gasteiger partial charge is 0.237 e. The molecule has 1 aromatic carbocycles. The van der Waals surface area contributed by atoms with E-state index in [1.165, 1.54) is 12.1 Å². The minimum absolute atomic E-state index is 0.180. The van der Waals surface area contributed by atoms with Gasteiger partial charge in [-0.15, -0.1) is 0 Å². The third-order valence-corrected chi connectivity index (χ3v) is 4.36. The zero-order valence-electron chi connectivity index (χ0n) is 14.1. The first kappa shape index (κ1) is 16.9. The molecule has 1 atom stereocenters. The molecule has 0 bridgehead atoms. The van der Waals surface area contributed by atoms with Crippen LogP contribution in [-0.4, -0.2) is 40.9 Å². The van der Waals surface area contributed by atoms with Crippen LogP contribution >= 0.6 is 0 Å². The van der Waals surface area contributed by atoms with Crippen LogP contribution in [-0.2, 0) is 4.79 Å². The molecule has 0 spiro atoms. The lowest BCUT2D eigenvalue weighted by Gasteiger charge is -2.33. The van der Waals surface area contributed by atoms with Crippen molar-refractivity contribution in [1.82, 2.24) is 9.80 Å². The third-order valence-electron chi connectivity index (χ3n) is 4.36. The van der Waals surface area contributed by atoms with E-state index in [0.29, 0.717) is 6.54 Å². The van der Waals surface area contributed by atoms with Crippen LogP contribution in [0.5, 0.6) is 0 Å². The SMILES string of the molecule is CC(C)N(C(=O)CN1CCCC1c1ccc(F)cc1)C(C)C. The Bertz CT molecular complexity index is 490. The summed E-state index contributed by atoms with van der Waals surface area (Å²) in [6, 6.07) is 7.32. The van der Waals surface area contributed by atoms with Crippen molar-refractivity contribution in [3.8, 4) is 0 Å². The number of carbonyl (C=O) groups excluding carboxylic acids is 1. The van der Waals surface area contributed by atoms with E-state index in [9.17, 15) is 9.18 Å². The number of nitrogens with zero attached hydrogens (tertiary/aromatic N) is 2. The second-order valence-electron chi connectivity index (χ2n) is 6.67. The minimum atomic E-state index is -0.213. The standard InChI is InChI=1S/C18H27FN2O/c1-13(2)21(14(3)4)18(22)12-20-11-5-6-17(20)15-7-9-16(19)10-8-15/h7-10,13-14,17H,5-6,11-12H2,1-4H3. The molecule has 0 radical (unpaired) electrons. The largest absolute Gasteiger partial charge is 0.337 e. The summed E-state index contributed by atoms with van der Waals surface area (Å²) in [5, 5.41) is 0. The molecule has 122 valence electrons. The van der Waals surface area contributed by atoms with Gasteiger partial charge in [-0.3, -0.25) is 9.69 Å². The number of halogens is 1. The Morgan fingerprint density at radius 1 is 1.23 bits per heavy atom. The van der Waals surface area contributed by atoms with E-state index in [2.05, 4.69) is 32.6 Å². The normalized spacial score (nSPS) is 19.1. The van der Waals surface area contributed by atoms with E-state index in [1.807, 2.05) is 17.0 Å². The van der Waals surface area contributed by atoms with Crippen molar-refractivity contribution in [1.29, 1.82) is 0 Å². The number of likely N-dealkylation sites (tertiary alicyclic amines) is 1. The van der Waals surface area contributed by atoms with Crippen LogP contribution in [0, 0.1) is 5.82 Å². The summed E-state index contributed by atoms with van der Waals surface area (Å²) >= 11 is 0. The van der Waals surface area contributed by atoms with Crippen molar-refractivity contribution in [2.75, 3.05) is 13.1 Å². The van der Waals surface area contributed by atoms with Crippen LogP contribution < -0.4 is 0 Å². The molecule has 0 aromatic heterocycles. The number of benzene rings is 1. The summed E-state index contributed by atoms with van der Waals surface area (Å²) in [5.74, 6) is -0.0332. The maximum Gasteiger partial charge on any atom is 0.237 e. The first-order valence-corrected chi connectivity index (χ1v) is 8.21. The summed E-state index contributed by atoms with van der Waals surface area (Å²) < 4.78 is 13.1. The Morgan fingerprint density at radius 2 is 1.82 bits per heavy atom. The molecule has 0 saturated carbocycles. The van der Waals surface area contributed by atoms with Crippen molar-refractivity contribution in [2.24, 2.45) is 0 Å². The fraction of sp³-hybridized carbons (Fsp3) is 0.611. The summed E-state index contributed by atoms with van der Waals surface area (Å²) in [6.45, 7) is 9.59. The fourth-order valence-corrected chi connectivity index (χ4v) is 3.51. The van der Waals surface area contributed by atoms with Gasteiger partial charge in [0.05, 0.1) is 6.54 Å². The molecule has 1 aliphatic rings. The molecular formula is C18H27FN2O. The molecule has 1 unspecified atom stereocenters. The van der Waals surface area contributed by atoms with Crippen molar-refractivity contribution in [2.45, 2.75) is 58.7 Å². The van der Waals surface area contributed by atoms with Gasteiger partial charge < -0.3 is 4.90 Å². The molecule has 1 heterocycles. The van der Waals surface area contributed by atoms with Gasteiger partial charge in [0.1, 0.15) is 5.82 Å². The highest BCUT2D eigenvalue weighted by Gasteiger charge is 2.30. The second kappa shape index (κ2) is 7.23. The van der Waals surface area contributed by atoms with E-state index < -0.39 is 0 Å². The fourth-order valence-electron chi connectivity index (χ4n) is 3.51. The van der Waals surface area contributed by atoms with Gasteiger partial charge >= 0.3 is 0 Å². The van der Waals surface area contributed by atoms with Crippen molar-refractivity contribution >= 4 is 5.91 Å². The van der Waals surface area contributed by atoms with Crippen LogP contribution in [0.2, 0.25) is 0 Å². The van der Waals surface area contributed by atoms with Gasteiger partial charge in [0.15, 0.2) is 0 Å². The van der Waals surface area contributed by atoms with E-state index in [0.717, 1.165) is 24.9 Å². The topological polar surface area (TPSA) is 23.6 Å². The predicted molar refractivity (Wildman–Crippen MR) is 87.1 cm³/mol.